The Hall–Kier alpha value is -3.05. The number of nitrogens with one attached hydrogen (secondary N) is 2. The molecule has 0 bridgehead atoms. The van der Waals surface area contributed by atoms with Gasteiger partial charge in [0.1, 0.15) is 11.8 Å². The number of methoxy groups -OCH3 is 1. The average molecular weight is 345 g/mol. The van der Waals surface area contributed by atoms with Crippen LogP contribution in [-0.4, -0.2) is 21.4 Å². The third kappa shape index (κ3) is 3.83. The SMILES string of the molecule is COc1ccc(S(=O)(=O)Nc2ccccc2C#N)cc1NC(C)=O. The Morgan fingerprint density at radius 2 is 1.88 bits per heavy atom. The summed E-state index contributed by atoms with van der Waals surface area (Å²) in [5, 5.41) is 11.6. The van der Waals surface area contributed by atoms with Gasteiger partial charge < -0.3 is 10.1 Å². The van der Waals surface area contributed by atoms with Gasteiger partial charge in [-0.1, -0.05) is 12.1 Å². The second kappa shape index (κ2) is 7.02. The molecule has 0 heterocycles. The molecule has 0 spiro atoms. The summed E-state index contributed by atoms with van der Waals surface area (Å²) in [6, 6.07) is 12.3. The maximum Gasteiger partial charge on any atom is 0.262 e. The second-order valence-corrected chi connectivity index (χ2v) is 6.49. The quantitative estimate of drug-likeness (QED) is 0.864. The molecule has 0 aliphatic rings. The van der Waals surface area contributed by atoms with Crippen molar-refractivity contribution in [1.29, 1.82) is 5.26 Å². The van der Waals surface area contributed by atoms with Crippen LogP contribution in [0.1, 0.15) is 12.5 Å². The molecule has 124 valence electrons. The molecular weight excluding hydrogens is 330 g/mol. The molecular formula is C16H15N3O4S. The van der Waals surface area contributed by atoms with E-state index in [1.54, 1.807) is 12.1 Å². The first-order valence-corrected chi connectivity index (χ1v) is 8.33. The zero-order chi connectivity index (χ0) is 17.7. The first-order chi connectivity index (χ1) is 11.4. The van der Waals surface area contributed by atoms with Crippen LogP contribution in [0.2, 0.25) is 0 Å². The molecule has 2 aromatic rings. The van der Waals surface area contributed by atoms with E-state index in [9.17, 15) is 13.2 Å². The third-order valence-electron chi connectivity index (χ3n) is 3.08. The minimum atomic E-state index is -3.94. The van der Waals surface area contributed by atoms with Crippen LogP contribution in [0.3, 0.4) is 0 Å². The summed E-state index contributed by atoms with van der Waals surface area (Å²) >= 11 is 0. The highest BCUT2D eigenvalue weighted by molar-refractivity contribution is 7.92. The van der Waals surface area contributed by atoms with Crippen molar-refractivity contribution in [2.45, 2.75) is 11.8 Å². The smallest absolute Gasteiger partial charge is 0.262 e. The number of ether oxygens (including phenoxy) is 1. The fourth-order valence-corrected chi connectivity index (χ4v) is 3.12. The molecule has 0 saturated heterocycles. The minimum Gasteiger partial charge on any atom is -0.495 e. The Kier molecular flexibility index (Phi) is 5.06. The molecule has 0 atom stereocenters. The number of para-hydroxylation sites is 1. The molecule has 0 aliphatic carbocycles. The lowest BCUT2D eigenvalue weighted by Crippen LogP contribution is -2.15. The first kappa shape index (κ1) is 17.3. The van der Waals surface area contributed by atoms with Gasteiger partial charge in [-0.05, 0) is 30.3 Å². The average Bonchev–Trinajstić information content (AvgIpc) is 2.54. The summed E-state index contributed by atoms with van der Waals surface area (Å²) in [6.45, 7) is 1.31. The number of anilines is 2. The number of hydrogen-bond acceptors (Lipinski definition) is 5. The van der Waals surface area contributed by atoms with Crippen LogP contribution in [0.5, 0.6) is 5.75 Å². The first-order valence-electron chi connectivity index (χ1n) is 6.85. The van der Waals surface area contributed by atoms with Gasteiger partial charge in [-0.25, -0.2) is 8.42 Å². The van der Waals surface area contributed by atoms with Crippen LogP contribution in [0.25, 0.3) is 0 Å². The number of nitriles is 1. The molecule has 0 saturated carbocycles. The van der Waals surface area contributed by atoms with Gasteiger partial charge in [0.2, 0.25) is 5.91 Å². The number of benzene rings is 2. The van der Waals surface area contributed by atoms with Crippen molar-refractivity contribution in [3.05, 3.63) is 48.0 Å². The molecule has 2 N–H and O–H groups in total. The summed E-state index contributed by atoms with van der Waals surface area (Å²) in [5.41, 5.74) is 0.620. The molecule has 0 fully saturated rings. The second-order valence-electron chi connectivity index (χ2n) is 4.81. The van der Waals surface area contributed by atoms with Crippen molar-refractivity contribution < 1.29 is 17.9 Å². The van der Waals surface area contributed by atoms with Crippen LogP contribution < -0.4 is 14.8 Å². The van der Waals surface area contributed by atoms with E-state index in [0.717, 1.165) is 0 Å². The summed E-state index contributed by atoms with van der Waals surface area (Å²) in [7, 11) is -2.52. The monoisotopic (exact) mass is 345 g/mol. The number of sulfonamides is 1. The summed E-state index contributed by atoms with van der Waals surface area (Å²) in [5.74, 6) is -0.0211. The maximum atomic E-state index is 12.5. The number of nitrogens with zero attached hydrogens (tertiary/aromatic N) is 1. The van der Waals surface area contributed by atoms with Crippen LogP contribution in [-0.2, 0) is 14.8 Å². The van der Waals surface area contributed by atoms with E-state index >= 15 is 0 Å². The van der Waals surface area contributed by atoms with Gasteiger partial charge in [-0.3, -0.25) is 9.52 Å². The zero-order valence-corrected chi connectivity index (χ0v) is 13.8. The molecule has 0 unspecified atom stereocenters. The Morgan fingerprint density at radius 3 is 2.50 bits per heavy atom. The minimum absolute atomic E-state index is 0.0696. The Bertz CT molecular complexity index is 917. The van der Waals surface area contributed by atoms with E-state index in [0.29, 0.717) is 5.75 Å². The van der Waals surface area contributed by atoms with Gasteiger partial charge in [0, 0.05) is 6.92 Å². The highest BCUT2D eigenvalue weighted by atomic mass is 32.2. The van der Waals surface area contributed by atoms with Gasteiger partial charge in [0.05, 0.1) is 28.9 Å². The van der Waals surface area contributed by atoms with Gasteiger partial charge in [-0.15, -0.1) is 0 Å². The normalized spacial score (nSPS) is 10.5. The largest absolute Gasteiger partial charge is 0.495 e. The number of rotatable bonds is 5. The lowest BCUT2D eigenvalue weighted by molar-refractivity contribution is -0.114. The van der Waals surface area contributed by atoms with Crippen molar-refractivity contribution in [3.8, 4) is 11.8 Å². The van der Waals surface area contributed by atoms with E-state index < -0.39 is 10.0 Å². The molecule has 2 rings (SSSR count). The Labute approximate surface area is 139 Å². The fourth-order valence-electron chi connectivity index (χ4n) is 2.01. The zero-order valence-electron chi connectivity index (χ0n) is 13.0. The Balaban J connectivity index is 2.42. The standard InChI is InChI=1S/C16H15N3O4S/c1-11(20)18-15-9-13(7-8-16(15)23-2)24(21,22)19-14-6-4-3-5-12(14)10-17/h3-9,19H,1-2H3,(H,18,20). The predicted octanol–water partition coefficient (Wildman–Crippen LogP) is 2.33. The molecule has 2 aromatic carbocycles. The lowest BCUT2D eigenvalue weighted by atomic mass is 10.2. The van der Waals surface area contributed by atoms with Crippen molar-refractivity contribution >= 4 is 27.3 Å². The van der Waals surface area contributed by atoms with Gasteiger partial charge in [-0.2, -0.15) is 5.26 Å². The summed E-state index contributed by atoms with van der Waals surface area (Å²) in [4.78, 5) is 11.2. The van der Waals surface area contributed by atoms with E-state index in [-0.39, 0.29) is 27.7 Å². The van der Waals surface area contributed by atoms with Crippen molar-refractivity contribution in [1.82, 2.24) is 0 Å². The lowest BCUT2D eigenvalue weighted by Gasteiger charge is -2.13. The number of carbonyl (C=O) groups is 1. The number of amides is 1. The van der Waals surface area contributed by atoms with Crippen molar-refractivity contribution in [2.75, 3.05) is 17.1 Å². The van der Waals surface area contributed by atoms with Crippen molar-refractivity contribution in [3.63, 3.8) is 0 Å². The highest BCUT2D eigenvalue weighted by Crippen LogP contribution is 2.28. The van der Waals surface area contributed by atoms with Gasteiger partial charge in [0.15, 0.2) is 0 Å². The summed E-state index contributed by atoms with van der Waals surface area (Å²) in [6.07, 6.45) is 0. The van der Waals surface area contributed by atoms with Gasteiger partial charge >= 0.3 is 0 Å². The third-order valence-corrected chi connectivity index (χ3v) is 4.45. The maximum absolute atomic E-state index is 12.5. The van der Waals surface area contributed by atoms with E-state index in [2.05, 4.69) is 10.0 Å². The predicted molar refractivity (Wildman–Crippen MR) is 89.3 cm³/mol. The molecule has 8 heteroatoms. The molecule has 7 nitrogen and oxygen atoms in total. The van der Waals surface area contributed by atoms with E-state index in [1.165, 1.54) is 44.4 Å². The van der Waals surface area contributed by atoms with Crippen LogP contribution >= 0.6 is 0 Å². The van der Waals surface area contributed by atoms with Crippen LogP contribution in [0, 0.1) is 11.3 Å². The molecule has 0 radical (unpaired) electrons. The topological polar surface area (TPSA) is 108 Å². The van der Waals surface area contributed by atoms with Crippen molar-refractivity contribution in [2.24, 2.45) is 0 Å². The van der Waals surface area contributed by atoms with E-state index in [4.69, 9.17) is 10.00 Å². The van der Waals surface area contributed by atoms with E-state index in [1.807, 2.05) is 6.07 Å². The summed E-state index contributed by atoms with van der Waals surface area (Å²) < 4.78 is 32.5. The highest BCUT2D eigenvalue weighted by Gasteiger charge is 2.18. The number of hydrogen-bond donors (Lipinski definition) is 2. The fraction of sp³-hybridized carbons (Fsp3) is 0.125. The van der Waals surface area contributed by atoms with Crippen LogP contribution in [0.15, 0.2) is 47.4 Å². The molecule has 1 amide bonds. The van der Waals surface area contributed by atoms with Gasteiger partial charge in [0.25, 0.3) is 10.0 Å². The Morgan fingerprint density at radius 1 is 1.17 bits per heavy atom. The molecule has 0 aliphatic heterocycles. The molecule has 0 aromatic heterocycles. The molecule has 24 heavy (non-hydrogen) atoms. The number of carbonyl (C=O) groups excluding carboxylic acids is 1. The van der Waals surface area contributed by atoms with Crippen LogP contribution in [0.4, 0.5) is 11.4 Å².